The Bertz CT molecular complexity index is 511. The van der Waals surface area contributed by atoms with E-state index >= 15 is 0 Å². The zero-order valence-electron chi connectivity index (χ0n) is 9.04. The van der Waals surface area contributed by atoms with Gasteiger partial charge in [0.1, 0.15) is 5.76 Å². The fourth-order valence-electron chi connectivity index (χ4n) is 1.71. The second-order valence-corrected chi connectivity index (χ2v) is 5.71. The van der Waals surface area contributed by atoms with Gasteiger partial charge in [0.25, 0.3) is 0 Å². The van der Waals surface area contributed by atoms with E-state index in [9.17, 15) is 9.90 Å². The van der Waals surface area contributed by atoms with Crippen molar-refractivity contribution in [2.45, 2.75) is 12.2 Å². The van der Waals surface area contributed by atoms with E-state index in [0.29, 0.717) is 21.4 Å². The second-order valence-electron chi connectivity index (χ2n) is 3.78. The molecule has 1 aromatic rings. The molecule has 1 unspecified atom stereocenters. The first kappa shape index (κ1) is 12.8. The van der Waals surface area contributed by atoms with Crippen molar-refractivity contribution in [1.29, 1.82) is 0 Å². The number of rotatable bonds is 2. The molecule has 5 heteroatoms. The summed E-state index contributed by atoms with van der Waals surface area (Å²) in [7, 11) is 0. The fraction of sp³-hybridized carbons (Fsp3) is 0.250. The van der Waals surface area contributed by atoms with Gasteiger partial charge in [-0.3, -0.25) is 4.79 Å². The van der Waals surface area contributed by atoms with Gasteiger partial charge in [0, 0.05) is 21.4 Å². The Labute approximate surface area is 114 Å². The van der Waals surface area contributed by atoms with Crippen LogP contribution in [0.1, 0.15) is 17.7 Å². The number of halogens is 2. The Kier molecular flexibility index (Phi) is 3.71. The average Bonchev–Trinajstić information content (AvgIpc) is 2.60. The normalized spacial score (nSPS) is 19.8. The van der Waals surface area contributed by atoms with E-state index in [1.807, 2.05) is 0 Å². The number of thioether (sulfide) groups is 1. The van der Waals surface area contributed by atoms with Gasteiger partial charge in [-0.25, -0.2) is 0 Å². The van der Waals surface area contributed by atoms with E-state index in [1.165, 1.54) is 18.7 Å². The van der Waals surface area contributed by atoms with E-state index in [-0.39, 0.29) is 16.8 Å². The predicted octanol–water partition coefficient (Wildman–Crippen LogP) is 4.18. The van der Waals surface area contributed by atoms with Crippen LogP contribution in [-0.4, -0.2) is 16.6 Å². The molecular weight excluding hydrogens is 279 g/mol. The van der Waals surface area contributed by atoms with E-state index in [1.54, 1.807) is 18.2 Å². The summed E-state index contributed by atoms with van der Waals surface area (Å²) in [5.41, 5.74) is 1.26. The van der Waals surface area contributed by atoms with E-state index < -0.39 is 0 Å². The van der Waals surface area contributed by atoms with Crippen LogP contribution in [0.5, 0.6) is 0 Å². The number of hydrogen-bond donors (Lipinski definition) is 1. The molecule has 0 bridgehead atoms. The van der Waals surface area contributed by atoms with E-state index in [4.69, 9.17) is 23.2 Å². The lowest BCUT2D eigenvalue weighted by molar-refractivity contribution is -0.113. The minimum atomic E-state index is -0.265. The molecule has 2 nitrogen and oxygen atoms in total. The molecule has 17 heavy (non-hydrogen) atoms. The van der Waals surface area contributed by atoms with Gasteiger partial charge in [-0.05, 0) is 24.6 Å². The second kappa shape index (κ2) is 4.92. The summed E-state index contributed by atoms with van der Waals surface area (Å²) >= 11 is 13.4. The SMILES string of the molecule is CC(=O)C1=C(O)C(c2ccc(Cl)cc2Cl)SC1. The van der Waals surface area contributed by atoms with Gasteiger partial charge in [-0.1, -0.05) is 29.3 Å². The van der Waals surface area contributed by atoms with Crippen molar-refractivity contribution in [3.63, 3.8) is 0 Å². The molecule has 2 rings (SSSR count). The zero-order valence-corrected chi connectivity index (χ0v) is 11.4. The van der Waals surface area contributed by atoms with Crippen molar-refractivity contribution in [2.75, 3.05) is 5.75 Å². The lowest BCUT2D eigenvalue weighted by atomic mass is 10.1. The van der Waals surface area contributed by atoms with Crippen LogP contribution in [0.2, 0.25) is 10.0 Å². The Morgan fingerprint density at radius 1 is 1.47 bits per heavy atom. The number of ketones is 1. The van der Waals surface area contributed by atoms with Gasteiger partial charge >= 0.3 is 0 Å². The number of aliphatic hydroxyl groups excluding tert-OH is 1. The predicted molar refractivity (Wildman–Crippen MR) is 72.0 cm³/mol. The van der Waals surface area contributed by atoms with Crippen molar-refractivity contribution < 1.29 is 9.90 Å². The Balaban J connectivity index is 2.40. The fourth-order valence-corrected chi connectivity index (χ4v) is 3.66. The molecule has 1 aromatic carbocycles. The summed E-state index contributed by atoms with van der Waals surface area (Å²) in [6.45, 7) is 1.46. The molecule has 1 N–H and O–H groups in total. The van der Waals surface area contributed by atoms with Crippen LogP contribution in [0.3, 0.4) is 0 Å². The highest BCUT2D eigenvalue weighted by Crippen LogP contribution is 2.45. The summed E-state index contributed by atoms with van der Waals surface area (Å²) < 4.78 is 0. The molecule has 0 aromatic heterocycles. The van der Waals surface area contributed by atoms with Crippen LogP contribution in [0.15, 0.2) is 29.5 Å². The number of carbonyl (C=O) groups excluding carboxylic acids is 1. The maximum Gasteiger partial charge on any atom is 0.160 e. The summed E-state index contributed by atoms with van der Waals surface area (Å²) in [5, 5.41) is 10.8. The number of benzene rings is 1. The van der Waals surface area contributed by atoms with Crippen LogP contribution in [0.4, 0.5) is 0 Å². The summed E-state index contributed by atoms with van der Waals surface area (Å²) in [5.74, 6) is 0.541. The van der Waals surface area contributed by atoms with Crippen molar-refractivity contribution in [2.24, 2.45) is 0 Å². The van der Waals surface area contributed by atoms with Crippen molar-refractivity contribution >= 4 is 40.7 Å². The quantitative estimate of drug-likeness (QED) is 0.887. The van der Waals surface area contributed by atoms with Crippen molar-refractivity contribution in [3.8, 4) is 0 Å². The van der Waals surface area contributed by atoms with Crippen LogP contribution in [0, 0.1) is 0 Å². The topological polar surface area (TPSA) is 37.3 Å². The van der Waals surface area contributed by atoms with Crippen molar-refractivity contribution in [3.05, 3.63) is 45.1 Å². The van der Waals surface area contributed by atoms with E-state index in [0.717, 1.165) is 5.56 Å². The van der Waals surface area contributed by atoms with Gasteiger partial charge in [0.2, 0.25) is 0 Å². The molecule has 0 fully saturated rings. The Hall–Kier alpha value is -0.640. The highest BCUT2D eigenvalue weighted by atomic mass is 35.5. The lowest BCUT2D eigenvalue weighted by Crippen LogP contribution is -2.01. The van der Waals surface area contributed by atoms with Gasteiger partial charge < -0.3 is 5.11 Å². The first-order valence-electron chi connectivity index (χ1n) is 5.00. The molecule has 0 amide bonds. The highest BCUT2D eigenvalue weighted by Gasteiger charge is 2.30. The molecule has 0 saturated heterocycles. The number of hydrogen-bond acceptors (Lipinski definition) is 3. The lowest BCUT2D eigenvalue weighted by Gasteiger charge is -2.12. The molecule has 0 spiro atoms. The number of carbonyl (C=O) groups is 1. The van der Waals surface area contributed by atoms with Crippen LogP contribution >= 0.6 is 35.0 Å². The van der Waals surface area contributed by atoms with Gasteiger partial charge in [0.05, 0.1) is 5.25 Å². The third kappa shape index (κ3) is 2.46. The van der Waals surface area contributed by atoms with Crippen molar-refractivity contribution in [1.82, 2.24) is 0 Å². The minimum Gasteiger partial charge on any atom is -0.510 e. The summed E-state index contributed by atoms with van der Waals surface area (Å²) in [6, 6.07) is 5.14. The third-order valence-electron chi connectivity index (χ3n) is 2.62. The molecule has 90 valence electrons. The van der Waals surface area contributed by atoms with Crippen LogP contribution < -0.4 is 0 Å². The number of aliphatic hydroxyl groups is 1. The monoisotopic (exact) mass is 288 g/mol. The zero-order chi connectivity index (χ0) is 12.6. The largest absolute Gasteiger partial charge is 0.510 e. The molecule has 0 aliphatic carbocycles. The highest BCUT2D eigenvalue weighted by molar-refractivity contribution is 8.00. The van der Waals surface area contributed by atoms with Crippen LogP contribution in [-0.2, 0) is 4.79 Å². The van der Waals surface area contributed by atoms with Gasteiger partial charge in [-0.2, -0.15) is 0 Å². The maximum absolute atomic E-state index is 11.3. The Morgan fingerprint density at radius 3 is 2.71 bits per heavy atom. The molecule has 1 aliphatic heterocycles. The average molecular weight is 289 g/mol. The summed E-state index contributed by atoms with van der Waals surface area (Å²) in [6.07, 6.45) is 0. The van der Waals surface area contributed by atoms with Gasteiger partial charge in [-0.15, -0.1) is 11.8 Å². The molecule has 1 aliphatic rings. The minimum absolute atomic E-state index is 0.0948. The molecule has 1 atom stereocenters. The summed E-state index contributed by atoms with van der Waals surface area (Å²) in [4.78, 5) is 11.3. The molecule has 0 saturated carbocycles. The standard InChI is InChI=1S/C12H10Cl2O2S/c1-6(15)9-5-17-12(11(9)16)8-3-2-7(13)4-10(8)14/h2-4,12,16H,5H2,1H3. The molecule has 1 heterocycles. The smallest absolute Gasteiger partial charge is 0.160 e. The third-order valence-corrected chi connectivity index (χ3v) is 4.45. The Morgan fingerprint density at radius 2 is 2.18 bits per heavy atom. The molecular formula is C12H10Cl2O2S. The van der Waals surface area contributed by atoms with Crippen LogP contribution in [0.25, 0.3) is 0 Å². The maximum atomic E-state index is 11.3. The number of Topliss-reactive ketones (excluding diaryl/α,β-unsaturated/α-hetero) is 1. The first-order chi connectivity index (χ1) is 8.00. The van der Waals surface area contributed by atoms with E-state index in [2.05, 4.69) is 0 Å². The first-order valence-corrected chi connectivity index (χ1v) is 6.80. The van der Waals surface area contributed by atoms with Gasteiger partial charge in [0.15, 0.2) is 5.78 Å². The molecule has 0 radical (unpaired) electrons.